The molecule has 0 aliphatic heterocycles. The number of hydrogen-bond donors (Lipinski definition) is 1. The molecule has 0 fully saturated rings. The van der Waals surface area contributed by atoms with Crippen LogP contribution in [0.25, 0.3) is 0 Å². The zero-order chi connectivity index (χ0) is 13.6. The standard InChI is InChI=1S/C14H20BrNO2/c1-14(2,3)18-13(17)16-12-8-6-11(7-9-12)5-4-10-15/h6-9H,4-5,10H2,1-3H3,(H,16,17). The zero-order valence-electron chi connectivity index (χ0n) is 11.1. The molecule has 1 rings (SSSR count). The Hall–Kier alpha value is -1.03. The van der Waals surface area contributed by atoms with Gasteiger partial charge in [0.2, 0.25) is 0 Å². The second-order valence-electron chi connectivity index (χ2n) is 5.12. The number of carbonyl (C=O) groups is 1. The van der Waals surface area contributed by atoms with Gasteiger partial charge in [0.15, 0.2) is 0 Å². The lowest BCUT2D eigenvalue weighted by Gasteiger charge is -2.19. The highest BCUT2D eigenvalue weighted by molar-refractivity contribution is 9.09. The second kappa shape index (κ2) is 6.78. The van der Waals surface area contributed by atoms with Crippen LogP contribution in [0.5, 0.6) is 0 Å². The third kappa shape index (κ3) is 6.05. The number of aryl methyl sites for hydroxylation is 1. The van der Waals surface area contributed by atoms with Crippen molar-refractivity contribution in [3.8, 4) is 0 Å². The largest absolute Gasteiger partial charge is 0.444 e. The van der Waals surface area contributed by atoms with Crippen LogP contribution >= 0.6 is 15.9 Å². The number of nitrogens with one attached hydrogen (secondary N) is 1. The molecular weight excluding hydrogens is 294 g/mol. The van der Waals surface area contributed by atoms with E-state index in [1.54, 1.807) is 0 Å². The van der Waals surface area contributed by atoms with Gasteiger partial charge in [-0.3, -0.25) is 5.32 Å². The number of amides is 1. The zero-order valence-corrected chi connectivity index (χ0v) is 12.7. The minimum atomic E-state index is -0.472. The first-order valence-electron chi connectivity index (χ1n) is 6.05. The van der Waals surface area contributed by atoms with Crippen molar-refractivity contribution >= 4 is 27.7 Å². The molecule has 4 heteroatoms. The fourth-order valence-electron chi connectivity index (χ4n) is 1.45. The molecule has 0 atom stereocenters. The summed E-state index contributed by atoms with van der Waals surface area (Å²) in [5, 5.41) is 3.72. The number of hydrogen-bond acceptors (Lipinski definition) is 2. The summed E-state index contributed by atoms with van der Waals surface area (Å²) >= 11 is 3.41. The topological polar surface area (TPSA) is 38.3 Å². The van der Waals surface area contributed by atoms with E-state index in [-0.39, 0.29) is 0 Å². The molecule has 1 aromatic carbocycles. The van der Waals surface area contributed by atoms with E-state index in [9.17, 15) is 4.79 Å². The summed E-state index contributed by atoms with van der Waals surface area (Å²) in [6.45, 7) is 5.53. The molecule has 0 aliphatic carbocycles. The number of rotatable bonds is 4. The van der Waals surface area contributed by atoms with Gasteiger partial charge in [-0.15, -0.1) is 0 Å². The highest BCUT2D eigenvalue weighted by Gasteiger charge is 2.15. The molecule has 3 nitrogen and oxygen atoms in total. The van der Waals surface area contributed by atoms with Gasteiger partial charge in [0.25, 0.3) is 0 Å². The third-order valence-corrected chi connectivity index (χ3v) is 2.76. The first-order chi connectivity index (χ1) is 8.40. The van der Waals surface area contributed by atoms with Crippen molar-refractivity contribution in [1.82, 2.24) is 0 Å². The molecule has 0 unspecified atom stereocenters. The molecule has 0 saturated heterocycles. The van der Waals surface area contributed by atoms with E-state index < -0.39 is 11.7 Å². The van der Waals surface area contributed by atoms with Gasteiger partial charge in [-0.1, -0.05) is 28.1 Å². The lowest BCUT2D eigenvalue weighted by Crippen LogP contribution is -2.27. The van der Waals surface area contributed by atoms with Gasteiger partial charge >= 0.3 is 6.09 Å². The van der Waals surface area contributed by atoms with E-state index in [0.29, 0.717) is 0 Å². The molecular formula is C14H20BrNO2. The average molecular weight is 314 g/mol. The maximum absolute atomic E-state index is 11.5. The number of ether oxygens (including phenoxy) is 1. The van der Waals surface area contributed by atoms with Crippen LogP contribution in [-0.2, 0) is 11.2 Å². The summed E-state index contributed by atoms with van der Waals surface area (Å²) in [5.74, 6) is 0. The predicted octanol–water partition coefficient (Wildman–Crippen LogP) is 4.36. The Morgan fingerprint density at radius 1 is 1.28 bits per heavy atom. The van der Waals surface area contributed by atoms with Crippen molar-refractivity contribution in [2.45, 2.75) is 39.2 Å². The molecule has 1 aromatic rings. The van der Waals surface area contributed by atoms with E-state index in [4.69, 9.17) is 4.74 Å². The Morgan fingerprint density at radius 2 is 1.89 bits per heavy atom. The van der Waals surface area contributed by atoms with Gasteiger partial charge in [-0.2, -0.15) is 0 Å². The molecule has 1 N–H and O–H groups in total. The normalized spacial score (nSPS) is 11.1. The average Bonchev–Trinajstić information content (AvgIpc) is 2.25. The first-order valence-corrected chi connectivity index (χ1v) is 7.18. The Kier molecular flexibility index (Phi) is 5.66. The van der Waals surface area contributed by atoms with Crippen LogP contribution in [0.2, 0.25) is 0 Å². The lowest BCUT2D eigenvalue weighted by atomic mass is 10.1. The van der Waals surface area contributed by atoms with Crippen LogP contribution in [0.3, 0.4) is 0 Å². The van der Waals surface area contributed by atoms with Crippen molar-refractivity contribution in [2.75, 3.05) is 10.6 Å². The van der Waals surface area contributed by atoms with Crippen LogP contribution in [0.4, 0.5) is 10.5 Å². The smallest absolute Gasteiger partial charge is 0.412 e. The Labute approximate surface area is 117 Å². The second-order valence-corrected chi connectivity index (χ2v) is 5.91. The van der Waals surface area contributed by atoms with Gasteiger partial charge in [0.1, 0.15) is 5.60 Å². The predicted molar refractivity (Wildman–Crippen MR) is 78.4 cm³/mol. The fraction of sp³-hybridized carbons (Fsp3) is 0.500. The number of benzene rings is 1. The molecule has 0 spiro atoms. The maximum atomic E-state index is 11.5. The summed E-state index contributed by atoms with van der Waals surface area (Å²) in [7, 11) is 0. The molecule has 1 amide bonds. The lowest BCUT2D eigenvalue weighted by molar-refractivity contribution is 0.0636. The molecule has 0 bridgehead atoms. The van der Waals surface area contributed by atoms with Crippen molar-refractivity contribution in [2.24, 2.45) is 0 Å². The third-order valence-electron chi connectivity index (χ3n) is 2.20. The minimum absolute atomic E-state index is 0.421. The van der Waals surface area contributed by atoms with Gasteiger partial charge in [0.05, 0.1) is 0 Å². The van der Waals surface area contributed by atoms with E-state index >= 15 is 0 Å². The van der Waals surface area contributed by atoms with Crippen LogP contribution in [-0.4, -0.2) is 17.0 Å². The molecule has 100 valence electrons. The molecule has 0 heterocycles. The SMILES string of the molecule is CC(C)(C)OC(=O)Nc1ccc(CCCBr)cc1. The molecule has 0 saturated carbocycles. The van der Waals surface area contributed by atoms with Crippen molar-refractivity contribution in [3.05, 3.63) is 29.8 Å². The fourth-order valence-corrected chi connectivity index (χ4v) is 1.73. The Balaban J connectivity index is 2.50. The summed E-state index contributed by atoms with van der Waals surface area (Å²) in [4.78, 5) is 11.5. The van der Waals surface area contributed by atoms with E-state index in [1.165, 1.54) is 5.56 Å². The van der Waals surface area contributed by atoms with E-state index in [1.807, 2.05) is 45.0 Å². The quantitative estimate of drug-likeness (QED) is 0.839. The van der Waals surface area contributed by atoms with Gasteiger partial charge in [-0.25, -0.2) is 4.79 Å². The van der Waals surface area contributed by atoms with E-state index in [0.717, 1.165) is 23.9 Å². The number of carbonyl (C=O) groups excluding carboxylic acids is 1. The number of alkyl halides is 1. The molecule has 0 aromatic heterocycles. The Morgan fingerprint density at radius 3 is 2.39 bits per heavy atom. The van der Waals surface area contributed by atoms with E-state index in [2.05, 4.69) is 21.2 Å². The van der Waals surface area contributed by atoms with Crippen LogP contribution in [0.15, 0.2) is 24.3 Å². The summed E-state index contributed by atoms with van der Waals surface area (Å²) in [5.41, 5.74) is 1.55. The summed E-state index contributed by atoms with van der Waals surface area (Å²) < 4.78 is 5.18. The van der Waals surface area contributed by atoms with Crippen molar-refractivity contribution < 1.29 is 9.53 Å². The molecule has 0 radical (unpaired) electrons. The number of anilines is 1. The first kappa shape index (κ1) is 15.0. The Bertz CT molecular complexity index is 382. The molecule has 0 aliphatic rings. The van der Waals surface area contributed by atoms with Crippen LogP contribution < -0.4 is 5.32 Å². The highest BCUT2D eigenvalue weighted by atomic mass is 79.9. The van der Waals surface area contributed by atoms with Gasteiger partial charge in [-0.05, 0) is 51.3 Å². The van der Waals surface area contributed by atoms with Crippen molar-refractivity contribution in [1.29, 1.82) is 0 Å². The minimum Gasteiger partial charge on any atom is -0.444 e. The highest BCUT2D eigenvalue weighted by Crippen LogP contribution is 2.14. The van der Waals surface area contributed by atoms with Gasteiger partial charge < -0.3 is 4.74 Å². The van der Waals surface area contributed by atoms with Crippen molar-refractivity contribution in [3.63, 3.8) is 0 Å². The van der Waals surface area contributed by atoms with Gasteiger partial charge in [0, 0.05) is 11.0 Å². The molecule has 18 heavy (non-hydrogen) atoms. The summed E-state index contributed by atoms with van der Waals surface area (Å²) in [6.07, 6.45) is 1.73. The van der Waals surface area contributed by atoms with Crippen LogP contribution in [0.1, 0.15) is 32.8 Å². The van der Waals surface area contributed by atoms with Crippen LogP contribution in [0, 0.1) is 0 Å². The maximum Gasteiger partial charge on any atom is 0.412 e. The number of halogens is 1. The monoisotopic (exact) mass is 313 g/mol. The summed E-state index contributed by atoms with van der Waals surface area (Å²) in [6, 6.07) is 7.84.